The Bertz CT molecular complexity index is 1690. The molecule has 1 fully saturated rings. The molecular formula is C33H33N5O2S. The van der Waals surface area contributed by atoms with Crippen LogP contribution in [0.15, 0.2) is 72.4 Å². The number of rotatable bonds is 8. The highest BCUT2D eigenvalue weighted by molar-refractivity contribution is 7.17. The lowest BCUT2D eigenvalue weighted by Gasteiger charge is -2.32. The topological polar surface area (TPSA) is 71.4 Å². The first kappa shape index (κ1) is 27.2. The standard InChI is InChI=1S/C33H33N5O2S/c1-22-6-7-24(18-29(39)25-8-9-27(23(2)17-25)21-38-14-12-37(3)13-15-38)19-30(22)40-33-31-28(10-16-41-31)35-32(36-33)26-5-4-11-34-20-26/h4-11,16-17,19-20H,12-15,18,21H2,1-3H3. The zero-order valence-corrected chi connectivity index (χ0v) is 24.4. The van der Waals surface area contributed by atoms with E-state index in [9.17, 15) is 4.79 Å². The van der Waals surface area contributed by atoms with Crippen LogP contribution in [-0.2, 0) is 13.0 Å². The monoisotopic (exact) mass is 563 g/mol. The zero-order valence-electron chi connectivity index (χ0n) is 23.6. The van der Waals surface area contributed by atoms with Gasteiger partial charge in [0.1, 0.15) is 10.4 Å². The molecule has 0 bridgehead atoms. The smallest absolute Gasteiger partial charge is 0.240 e. The second-order valence-electron chi connectivity index (χ2n) is 10.8. The zero-order chi connectivity index (χ0) is 28.3. The van der Waals surface area contributed by atoms with Crippen molar-refractivity contribution >= 4 is 27.3 Å². The third-order valence-corrected chi connectivity index (χ3v) is 8.56. The molecule has 0 radical (unpaired) electrons. The minimum atomic E-state index is 0.0931. The molecule has 0 N–H and O–H groups in total. The number of aryl methyl sites for hydroxylation is 2. The van der Waals surface area contributed by atoms with E-state index in [1.165, 1.54) is 5.56 Å². The van der Waals surface area contributed by atoms with Crippen molar-refractivity contribution in [3.8, 4) is 23.0 Å². The molecule has 3 aromatic heterocycles. The number of hydrogen-bond donors (Lipinski definition) is 0. The number of carbonyl (C=O) groups is 1. The van der Waals surface area contributed by atoms with Gasteiger partial charge >= 0.3 is 0 Å². The van der Waals surface area contributed by atoms with E-state index in [0.717, 1.165) is 70.8 Å². The molecule has 8 heteroatoms. The van der Waals surface area contributed by atoms with Crippen molar-refractivity contribution in [1.29, 1.82) is 0 Å². The summed E-state index contributed by atoms with van der Waals surface area (Å²) in [5.41, 5.74) is 6.71. The Morgan fingerprint density at radius 2 is 1.83 bits per heavy atom. The van der Waals surface area contributed by atoms with Gasteiger partial charge in [-0.1, -0.05) is 24.3 Å². The summed E-state index contributed by atoms with van der Waals surface area (Å²) in [6.45, 7) is 9.37. The lowest BCUT2D eigenvalue weighted by atomic mass is 9.98. The Morgan fingerprint density at radius 3 is 2.61 bits per heavy atom. The van der Waals surface area contributed by atoms with Crippen molar-refractivity contribution in [2.75, 3.05) is 33.2 Å². The van der Waals surface area contributed by atoms with Gasteiger partial charge in [-0.15, -0.1) is 11.3 Å². The highest BCUT2D eigenvalue weighted by atomic mass is 32.1. The Morgan fingerprint density at radius 1 is 0.976 bits per heavy atom. The number of Topliss-reactive ketones (excluding diaryl/α,β-unsaturated/α-hetero) is 1. The van der Waals surface area contributed by atoms with Gasteiger partial charge < -0.3 is 9.64 Å². The molecule has 0 amide bonds. The summed E-state index contributed by atoms with van der Waals surface area (Å²) in [6, 6.07) is 17.8. The third-order valence-electron chi connectivity index (χ3n) is 7.67. The first-order valence-corrected chi connectivity index (χ1v) is 14.8. The highest BCUT2D eigenvalue weighted by Crippen LogP contribution is 2.35. The largest absolute Gasteiger partial charge is 0.437 e. The quantitative estimate of drug-likeness (QED) is 0.204. The van der Waals surface area contributed by atoms with Crippen LogP contribution < -0.4 is 4.74 Å². The van der Waals surface area contributed by atoms with Crippen molar-refractivity contribution in [1.82, 2.24) is 24.8 Å². The molecule has 208 valence electrons. The fourth-order valence-electron chi connectivity index (χ4n) is 5.08. The van der Waals surface area contributed by atoms with E-state index >= 15 is 0 Å². The van der Waals surface area contributed by atoms with Crippen LogP contribution in [0.2, 0.25) is 0 Å². The van der Waals surface area contributed by atoms with Crippen LogP contribution in [0.3, 0.4) is 0 Å². The highest BCUT2D eigenvalue weighted by Gasteiger charge is 2.17. The molecule has 0 atom stereocenters. The van der Waals surface area contributed by atoms with E-state index in [1.807, 2.05) is 60.8 Å². The molecule has 1 saturated heterocycles. The van der Waals surface area contributed by atoms with Gasteiger partial charge in [-0.25, -0.2) is 4.98 Å². The fraction of sp³-hybridized carbons (Fsp3) is 0.273. The third kappa shape index (κ3) is 6.20. The number of hydrogen-bond acceptors (Lipinski definition) is 8. The maximum absolute atomic E-state index is 13.3. The lowest BCUT2D eigenvalue weighted by molar-refractivity contribution is 0.0993. The van der Waals surface area contributed by atoms with E-state index in [2.05, 4.69) is 34.8 Å². The van der Waals surface area contributed by atoms with Crippen LogP contribution in [0.25, 0.3) is 21.6 Å². The molecule has 4 heterocycles. The molecule has 2 aromatic carbocycles. The molecule has 0 aliphatic carbocycles. The molecule has 0 unspecified atom stereocenters. The van der Waals surface area contributed by atoms with Gasteiger partial charge in [0.25, 0.3) is 0 Å². The summed E-state index contributed by atoms with van der Waals surface area (Å²) >= 11 is 1.54. The van der Waals surface area contributed by atoms with E-state index in [4.69, 9.17) is 14.7 Å². The Hall–Kier alpha value is -3.98. The number of piperazine rings is 1. The second kappa shape index (κ2) is 11.9. The number of benzene rings is 2. The summed E-state index contributed by atoms with van der Waals surface area (Å²) in [7, 11) is 2.17. The summed E-state index contributed by atoms with van der Waals surface area (Å²) < 4.78 is 7.28. The number of ketones is 1. The first-order chi connectivity index (χ1) is 19.9. The molecule has 1 aliphatic heterocycles. The maximum Gasteiger partial charge on any atom is 0.240 e. The lowest BCUT2D eigenvalue weighted by Crippen LogP contribution is -2.43. The van der Waals surface area contributed by atoms with Gasteiger partial charge in [-0.05, 0) is 78.9 Å². The summed E-state index contributed by atoms with van der Waals surface area (Å²) in [4.78, 5) is 31.8. The predicted octanol–water partition coefficient (Wildman–Crippen LogP) is 6.34. The first-order valence-electron chi connectivity index (χ1n) is 13.9. The van der Waals surface area contributed by atoms with Gasteiger partial charge in [-0.2, -0.15) is 4.98 Å². The molecule has 0 saturated carbocycles. The number of fused-ring (bicyclic) bond motifs is 1. The van der Waals surface area contributed by atoms with E-state index < -0.39 is 0 Å². The number of aromatic nitrogens is 3. The summed E-state index contributed by atoms with van der Waals surface area (Å²) in [5.74, 6) is 1.84. The molecular weight excluding hydrogens is 530 g/mol. The fourth-order valence-corrected chi connectivity index (χ4v) is 5.84. The maximum atomic E-state index is 13.3. The molecule has 0 spiro atoms. The number of pyridine rings is 1. The molecule has 41 heavy (non-hydrogen) atoms. The number of nitrogens with zero attached hydrogens (tertiary/aromatic N) is 5. The number of likely N-dealkylation sites (N-methyl/N-ethyl adjacent to an activating group) is 1. The second-order valence-corrected chi connectivity index (χ2v) is 11.7. The molecule has 6 rings (SSSR count). The molecule has 1 aliphatic rings. The minimum Gasteiger partial charge on any atom is -0.437 e. The van der Waals surface area contributed by atoms with Crippen LogP contribution in [0.5, 0.6) is 11.6 Å². The van der Waals surface area contributed by atoms with Gasteiger partial charge in [0.2, 0.25) is 5.88 Å². The normalized spacial score (nSPS) is 14.4. The number of carbonyl (C=O) groups excluding carboxylic acids is 1. The van der Waals surface area contributed by atoms with Crippen molar-refractivity contribution in [2.24, 2.45) is 0 Å². The van der Waals surface area contributed by atoms with Crippen LogP contribution in [-0.4, -0.2) is 63.8 Å². The Kier molecular flexibility index (Phi) is 7.87. The average Bonchev–Trinajstić information content (AvgIpc) is 3.47. The van der Waals surface area contributed by atoms with E-state index in [0.29, 0.717) is 23.9 Å². The number of ether oxygens (including phenoxy) is 1. The van der Waals surface area contributed by atoms with Gasteiger partial charge in [0.05, 0.1) is 5.52 Å². The SMILES string of the molecule is Cc1cc(C(=O)Cc2ccc(C)c(Oc3nc(-c4cccnc4)nc4ccsc34)c2)ccc1CN1CCN(C)CC1. The van der Waals surface area contributed by atoms with E-state index in [-0.39, 0.29) is 5.78 Å². The van der Waals surface area contributed by atoms with Crippen LogP contribution >= 0.6 is 11.3 Å². The van der Waals surface area contributed by atoms with Gasteiger partial charge in [0.15, 0.2) is 11.6 Å². The van der Waals surface area contributed by atoms with Crippen LogP contribution in [0.1, 0.15) is 32.6 Å². The number of thiophene rings is 1. The van der Waals surface area contributed by atoms with E-state index in [1.54, 1.807) is 23.7 Å². The predicted molar refractivity (Wildman–Crippen MR) is 164 cm³/mol. The Balaban J connectivity index is 1.19. The Labute approximate surface area is 244 Å². The van der Waals surface area contributed by atoms with Crippen molar-refractivity contribution in [3.05, 3.63) is 100 Å². The summed E-state index contributed by atoms with van der Waals surface area (Å²) in [5, 5.41) is 1.99. The minimum absolute atomic E-state index is 0.0931. The molecule has 7 nitrogen and oxygen atoms in total. The average molecular weight is 564 g/mol. The van der Waals surface area contributed by atoms with Crippen molar-refractivity contribution < 1.29 is 9.53 Å². The van der Waals surface area contributed by atoms with Gasteiger partial charge in [0, 0.05) is 62.7 Å². The van der Waals surface area contributed by atoms with Crippen molar-refractivity contribution in [2.45, 2.75) is 26.8 Å². The molecule has 5 aromatic rings. The van der Waals surface area contributed by atoms with Crippen LogP contribution in [0.4, 0.5) is 0 Å². The summed E-state index contributed by atoms with van der Waals surface area (Å²) in [6.07, 6.45) is 3.77. The van der Waals surface area contributed by atoms with Crippen molar-refractivity contribution in [3.63, 3.8) is 0 Å². The van der Waals surface area contributed by atoms with Gasteiger partial charge in [-0.3, -0.25) is 14.7 Å². The van der Waals surface area contributed by atoms with Crippen LogP contribution in [0, 0.1) is 13.8 Å².